The van der Waals surface area contributed by atoms with Gasteiger partial charge in [0.15, 0.2) is 5.76 Å². The minimum absolute atomic E-state index is 0.0786. The Morgan fingerprint density at radius 1 is 1.09 bits per heavy atom. The molecule has 176 valence electrons. The van der Waals surface area contributed by atoms with Crippen molar-refractivity contribution in [2.45, 2.75) is 29.3 Å². The van der Waals surface area contributed by atoms with Gasteiger partial charge < -0.3 is 20.4 Å². The van der Waals surface area contributed by atoms with Crippen molar-refractivity contribution >= 4 is 40.9 Å². The van der Waals surface area contributed by atoms with E-state index in [4.69, 9.17) is 4.42 Å². The van der Waals surface area contributed by atoms with Crippen LogP contribution in [0.5, 0.6) is 0 Å². The summed E-state index contributed by atoms with van der Waals surface area (Å²) in [5.41, 5.74) is 0.461. The SMILES string of the molecule is O=C(CC1Sc2ccc(C(F)(F)F)cc2NC1=O)NCc1cccc(NC(=O)c2ccco2)c1. The fraction of sp³-hybridized carbons (Fsp3) is 0.174. The van der Waals surface area contributed by atoms with E-state index in [0.29, 0.717) is 10.6 Å². The van der Waals surface area contributed by atoms with Crippen LogP contribution in [0.1, 0.15) is 28.1 Å². The summed E-state index contributed by atoms with van der Waals surface area (Å²) in [6.07, 6.45) is -3.27. The smallest absolute Gasteiger partial charge is 0.416 e. The van der Waals surface area contributed by atoms with Crippen molar-refractivity contribution < 1.29 is 32.0 Å². The minimum Gasteiger partial charge on any atom is -0.459 e. The summed E-state index contributed by atoms with van der Waals surface area (Å²) in [7, 11) is 0. The van der Waals surface area contributed by atoms with Gasteiger partial charge in [0.05, 0.1) is 22.8 Å². The molecule has 3 amide bonds. The van der Waals surface area contributed by atoms with Crippen LogP contribution < -0.4 is 16.0 Å². The van der Waals surface area contributed by atoms with Crippen LogP contribution in [0, 0.1) is 0 Å². The van der Waals surface area contributed by atoms with Crippen LogP contribution in [0.4, 0.5) is 24.5 Å². The molecule has 3 aromatic rings. The van der Waals surface area contributed by atoms with E-state index in [1.165, 1.54) is 18.4 Å². The van der Waals surface area contributed by atoms with Crippen molar-refractivity contribution in [3.8, 4) is 0 Å². The Labute approximate surface area is 196 Å². The van der Waals surface area contributed by atoms with Gasteiger partial charge in [0.1, 0.15) is 0 Å². The molecule has 1 aromatic heterocycles. The highest BCUT2D eigenvalue weighted by molar-refractivity contribution is 8.01. The number of amides is 3. The van der Waals surface area contributed by atoms with Gasteiger partial charge >= 0.3 is 6.18 Å². The van der Waals surface area contributed by atoms with Crippen LogP contribution in [0.15, 0.2) is 70.2 Å². The molecule has 1 unspecified atom stereocenters. The maximum Gasteiger partial charge on any atom is 0.416 e. The number of alkyl halides is 3. The molecule has 0 bridgehead atoms. The fourth-order valence-electron chi connectivity index (χ4n) is 3.26. The lowest BCUT2D eigenvalue weighted by atomic mass is 10.1. The second-order valence-corrected chi connectivity index (χ2v) is 8.66. The maximum atomic E-state index is 12.9. The Morgan fingerprint density at radius 2 is 1.91 bits per heavy atom. The van der Waals surface area contributed by atoms with E-state index in [9.17, 15) is 27.6 Å². The summed E-state index contributed by atoms with van der Waals surface area (Å²) in [5.74, 6) is -1.17. The van der Waals surface area contributed by atoms with Gasteiger partial charge in [0.2, 0.25) is 11.8 Å². The lowest BCUT2D eigenvalue weighted by Crippen LogP contribution is -2.34. The van der Waals surface area contributed by atoms with E-state index in [2.05, 4.69) is 16.0 Å². The van der Waals surface area contributed by atoms with Crippen molar-refractivity contribution in [3.05, 3.63) is 77.7 Å². The molecule has 0 saturated carbocycles. The molecular formula is C23H18F3N3O4S. The highest BCUT2D eigenvalue weighted by Crippen LogP contribution is 2.40. The van der Waals surface area contributed by atoms with Gasteiger partial charge in [0, 0.05) is 23.5 Å². The standard InChI is InChI=1S/C23H18F3N3O4S/c24-23(25,26)14-6-7-18-16(10-14)29-22(32)19(34-18)11-20(30)27-12-13-3-1-4-15(9-13)28-21(31)17-5-2-8-33-17/h1-10,19H,11-12H2,(H,27,30)(H,28,31)(H,29,32). The van der Waals surface area contributed by atoms with E-state index < -0.39 is 34.7 Å². The number of furan rings is 1. The first-order chi connectivity index (χ1) is 16.2. The second-order valence-electron chi connectivity index (χ2n) is 7.42. The third kappa shape index (κ3) is 5.60. The number of halogens is 3. The number of hydrogen-bond acceptors (Lipinski definition) is 5. The Kier molecular flexibility index (Phi) is 6.64. The largest absolute Gasteiger partial charge is 0.459 e. The molecule has 11 heteroatoms. The molecule has 0 fully saturated rings. The zero-order valence-corrected chi connectivity index (χ0v) is 18.3. The predicted molar refractivity (Wildman–Crippen MR) is 119 cm³/mol. The van der Waals surface area contributed by atoms with Crippen molar-refractivity contribution in [2.75, 3.05) is 10.6 Å². The number of nitrogens with one attached hydrogen (secondary N) is 3. The van der Waals surface area contributed by atoms with E-state index >= 15 is 0 Å². The zero-order valence-electron chi connectivity index (χ0n) is 17.4. The summed E-state index contributed by atoms with van der Waals surface area (Å²) in [5, 5.41) is 7.09. The number of carbonyl (C=O) groups is 3. The van der Waals surface area contributed by atoms with Crippen LogP contribution in [-0.2, 0) is 22.3 Å². The van der Waals surface area contributed by atoms with Gasteiger partial charge in [-0.2, -0.15) is 13.2 Å². The highest BCUT2D eigenvalue weighted by atomic mass is 32.2. The summed E-state index contributed by atoms with van der Waals surface area (Å²) in [6, 6.07) is 13.1. The molecule has 34 heavy (non-hydrogen) atoms. The number of hydrogen-bond donors (Lipinski definition) is 3. The zero-order chi connectivity index (χ0) is 24.3. The summed E-state index contributed by atoms with van der Waals surface area (Å²) in [6.45, 7) is 0.161. The molecule has 7 nitrogen and oxygen atoms in total. The van der Waals surface area contributed by atoms with E-state index in [0.717, 1.165) is 29.5 Å². The van der Waals surface area contributed by atoms with Crippen molar-refractivity contribution in [1.82, 2.24) is 5.32 Å². The van der Waals surface area contributed by atoms with Gasteiger partial charge in [-0.15, -0.1) is 11.8 Å². The topological polar surface area (TPSA) is 100 Å². The lowest BCUT2D eigenvalue weighted by Gasteiger charge is -2.24. The Bertz CT molecular complexity index is 1230. The predicted octanol–water partition coefficient (Wildman–Crippen LogP) is 4.67. The molecule has 0 aliphatic carbocycles. The van der Waals surface area contributed by atoms with Crippen molar-refractivity contribution in [2.24, 2.45) is 0 Å². The van der Waals surface area contributed by atoms with Crippen LogP contribution in [0.2, 0.25) is 0 Å². The molecule has 0 radical (unpaired) electrons. The average molecular weight is 489 g/mol. The van der Waals surface area contributed by atoms with Crippen molar-refractivity contribution in [1.29, 1.82) is 0 Å². The van der Waals surface area contributed by atoms with Crippen LogP contribution >= 0.6 is 11.8 Å². The van der Waals surface area contributed by atoms with Gasteiger partial charge in [-0.25, -0.2) is 0 Å². The highest BCUT2D eigenvalue weighted by Gasteiger charge is 2.34. The molecule has 4 rings (SSSR count). The molecule has 0 spiro atoms. The normalized spacial score (nSPS) is 15.3. The van der Waals surface area contributed by atoms with E-state index in [1.807, 2.05) is 0 Å². The monoisotopic (exact) mass is 489 g/mol. The minimum atomic E-state index is -4.51. The Morgan fingerprint density at radius 3 is 2.65 bits per heavy atom. The van der Waals surface area contributed by atoms with Gasteiger partial charge in [-0.05, 0) is 48.0 Å². The maximum absolute atomic E-state index is 12.9. The molecular weight excluding hydrogens is 471 g/mol. The molecule has 1 atom stereocenters. The third-order valence-corrected chi connectivity index (χ3v) is 6.19. The first kappa shape index (κ1) is 23.4. The second kappa shape index (κ2) is 9.64. The van der Waals surface area contributed by atoms with Crippen molar-refractivity contribution in [3.63, 3.8) is 0 Å². The lowest BCUT2D eigenvalue weighted by molar-refractivity contribution is -0.137. The van der Waals surface area contributed by atoms with Gasteiger partial charge in [-0.3, -0.25) is 14.4 Å². The third-order valence-electron chi connectivity index (χ3n) is 4.92. The van der Waals surface area contributed by atoms with Crippen LogP contribution in [-0.4, -0.2) is 23.0 Å². The molecule has 2 aromatic carbocycles. The fourth-order valence-corrected chi connectivity index (χ4v) is 4.35. The summed E-state index contributed by atoms with van der Waals surface area (Å²) in [4.78, 5) is 37.3. The number of anilines is 2. The number of fused-ring (bicyclic) bond motifs is 1. The summed E-state index contributed by atoms with van der Waals surface area (Å²) >= 11 is 1.05. The quantitative estimate of drug-likeness (QED) is 0.467. The average Bonchev–Trinajstić information content (AvgIpc) is 3.33. The number of carbonyl (C=O) groups excluding carboxylic acids is 3. The molecule has 3 N–H and O–H groups in total. The Balaban J connectivity index is 1.32. The Hall–Kier alpha value is -3.73. The number of thioether (sulfide) groups is 1. The van der Waals surface area contributed by atoms with Crippen LogP contribution in [0.3, 0.4) is 0 Å². The molecule has 2 heterocycles. The van der Waals surface area contributed by atoms with E-state index in [1.54, 1.807) is 30.3 Å². The molecule has 1 aliphatic heterocycles. The first-order valence-corrected chi connectivity index (χ1v) is 11.0. The molecule has 0 saturated heterocycles. The first-order valence-electron chi connectivity index (χ1n) is 10.1. The number of rotatable bonds is 6. The van der Waals surface area contributed by atoms with E-state index in [-0.39, 0.29) is 24.4 Å². The van der Waals surface area contributed by atoms with Gasteiger partial charge in [-0.1, -0.05) is 12.1 Å². The summed E-state index contributed by atoms with van der Waals surface area (Å²) < 4.78 is 43.7. The molecule has 1 aliphatic rings. The van der Waals surface area contributed by atoms with Gasteiger partial charge in [0.25, 0.3) is 5.91 Å². The van der Waals surface area contributed by atoms with Crippen LogP contribution in [0.25, 0.3) is 0 Å². The number of benzene rings is 2.